The number of hydrogen-bond donors (Lipinski definition) is 4. The summed E-state index contributed by atoms with van der Waals surface area (Å²) in [5, 5.41) is 53.9. The molecule has 0 aromatic heterocycles. The van der Waals surface area contributed by atoms with Gasteiger partial charge in [-0.25, -0.2) is 10.1 Å². The zero-order chi connectivity index (χ0) is 15.1. The van der Waals surface area contributed by atoms with E-state index in [0.29, 0.717) is 0 Å². The molecule has 108 valence electrons. The Labute approximate surface area is 98.6 Å². The van der Waals surface area contributed by atoms with Crippen LogP contribution in [0.2, 0.25) is 0 Å². The highest BCUT2D eigenvalue weighted by atomic mass is 16.9. The summed E-state index contributed by atoms with van der Waals surface area (Å²) in [6, 6.07) is 0. The van der Waals surface area contributed by atoms with Crippen LogP contribution in [0.4, 0.5) is 0 Å². The van der Waals surface area contributed by atoms with Crippen LogP contribution in [-0.4, -0.2) is 67.1 Å². The lowest BCUT2D eigenvalue weighted by molar-refractivity contribution is -0.742. The van der Waals surface area contributed by atoms with Gasteiger partial charge in [0.15, 0.2) is 5.03 Å². The van der Waals surface area contributed by atoms with Gasteiger partial charge >= 0.3 is 0 Å². The van der Waals surface area contributed by atoms with E-state index in [1.807, 2.05) is 0 Å². The van der Waals surface area contributed by atoms with E-state index >= 15 is 0 Å². The number of aliphatic hydroxyl groups excluding tert-OH is 2. The third-order valence-corrected chi connectivity index (χ3v) is 0.947. The van der Waals surface area contributed by atoms with Crippen LogP contribution in [0.15, 0.2) is 0 Å². The zero-order valence-corrected chi connectivity index (χ0v) is 8.86. The second-order valence-corrected chi connectivity index (χ2v) is 2.11. The standard InChI is InChI=1S/C4H10N2O4.2HNO3/c7-3-1-5(2-4-8)6(9)10;2*2-1(3)4/h7-8H,1-4H2;2*(H,2,3,4). The van der Waals surface area contributed by atoms with Crippen molar-refractivity contribution in [2.75, 3.05) is 26.3 Å². The number of rotatable bonds is 5. The molecule has 4 N–H and O–H groups in total. The van der Waals surface area contributed by atoms with E-state index in [4.69, 9.17) is 40.9 Å². The second-order valence-electron chi connectivity index (χ2n) is 2.11. The molecule has 0 aliphatic carbocycles. The average Bonchev–Trinajstić information content (AvgIpc) is 2.15. The highest BCUT2D eigenvalue weighted by molar-refractivity contribution is 4.40. The fourth-order valence-electron chi connectivity index (χ4n) is 0.506. The molecule has 0 saturated heterocycles. The Morgan fingerprint density at radius 3 is 1.17 bits per heavy atom. The fourth-order valence-corrected chi connectivity index (χ4v) is 0.506. The molecule has 14 nitrogen and oxygen atoms in total. The van der Waals surface area contributed by atoms with E-state index in [0.717, 1.165) is 5.01 Å². The van der Waals surface area contributed by atoms with Gasteiger partial charge in [-0.05, 0) is 0 Å². The molecule has 14 heteroatoms. The van der Waals surface area contributed by atoms with Crippen molar-refractivity contribution in [1.29, 1.82) is 0 Å². The van der Waals surface area contributed by atoms with Crippen LogP contribution in [0.3, 0.4) is 0 Å². The predicted octanol–water partition coefficient (Wildman–Crippen LogP) is -2.23. The molecule has 0 spiro atoms. The van der Waals surface area contributed by atoms with E-state index in [9.17, 15) is 10.1 Å². The molecule has 18 heavy (non-hydrogen) atoms. The zero-order valence-electron chi connectivity index (χ0n) is 8.86. The topological polar surface area (TPSA) is 214 Å². The first-order valence-electron chi connectivity index (χ1n) is 3.96. The smallest absolute Gasteiger partial charge is 0.291 e. The van der Waals surface area contributed by atoms with Gasteiger partial charge in [-0.1, -0.05) is 0 Å². The Morgan fingerprint density at radius 2 is 1.06 bits per heavy atom. The summed E-state index contributed by atoms with van der Waals surface area (Å²) in [5.41, 5.74) is 0. The largest absolute Gasteiger partial charge is 0.394 e. The van der Waals surface area contributed by atoms with Gasteiger partial charge in [0.05, 0.1) is 13.2 Å². The molecule has 0 unspecified atom stereocenters. The van der Waals surface area contributed by atoms with Crippen molar-refractivity contribution >= 4 is 0 Å². The SMILES string of the molecule is O=[N+]([O-])N(CCO)CCO.O=[N+]([O-])O.O=[N+]([O-])O. The molecular weight excluding hydrogens is 264 g/mol. The second kappa shape index (κ2) is 14.5. The van der Waals surface area contributed by atoms with Gasteiger partial charge in [-0.15, -0.1) is 25.2 Å². The first-order chi connectivity index (χ1) is 8.18. The fraction of sp³-hybridized carbons (Fsp3) is 1.00. The molecular formula is C4H12N4O10. The van der Waals surface area contributed by atoms with Gasteiger partial charge in [-0.2, -0.15) is 0 Å². The molecule has 0 aromatic rings. The minimum Gasteiger partial charge on any atom is -0.394 e. The summed E-state index contributed by atoms with van der Waals surface area (Å²) in [6.45, 7) is -0.650. The highest BCUT2D eigenvalue weighted by Gasteiger charge is 2.10. The third kappa shape index (κ3) is 37.5. The van der Waals surface area contributed by atoms with Gasteiger partial charge in [0.1, 0.15) is 13.1 Å². The monoisotopic (exact) mass is 276 g/mol. The van der Waals surface area contributed by atoms with Crippen LogP contribution >= 0.6 is 0 Å². The van der Waals surface area contributed by atoms with Crippen LogP contribution in [0.25, 0.3) is 0 Å². The number of aliphatic hydroxyl groups is 2. The van der Waals surface area contributed by atoms with Crippen molar-refractivity contribution in [3.63, 3.8) is 0 Å². The lowest BCUT2D eigenvalue weighted by atomic mass is 10.6. The molecule has 0 bridgehead atoms. The maximum absolute atomic E-state index is 9.99. The number of nitro groups is 1. The van der Waals surface area contributed by atoms with Crippen LogP contribution in [0.5, 0.6) is 0 Å². The molecule has 0 aromatic carbocycles. The minimum atomic E-state index is -1.50. The van der Waals surface area contributed by atoms with Gasteiger partial charge in [0, 0.05) is 0 Å². The van der Waals surface area contributed by atoms with Crippen molar-refractivity contribution < 1.29 is 35.8 Å². The third-order valence-electron chi connectivity index (χ3n) is 0.947. The summed E-state index contributed by atoms with van der Waals surface area (Å²) in [6.07, 6.45) is 0. The minimum absolute atomic E-state index is 0.0481. The molecule has 0 amide bonds. The van der Waals surface area contributed by atoms with E-state index in [-0.39, 0.29) is 26.3 Å². The molecule has 0 heterocycles. The van der Waals surface area contributed by atoms with Crippen molar-refractivity contribution in [2.45, 2.75) is 0 Å². The molecule has 0 aliphatic heterocycles. The quantitative estimate of drug-likeness (QED) is 0.311. The maximum Gasteiger partial charge on any atom is 0.291 e. The van der Waals surface area contributed by atoms with Crippen molar-refractivity contribution in [3.8, 4) is 0 Å². The van der Waals surface area contributed by atoms with E-state index in [2.05, 4.69) is 0 Å². The molecule has 0 atom stereocenters. The number of nitrogens with zero attached hydrogens (tertiary/aromatic N) is 4. The van der Waals surface area contributed by atoms with Crippen LogP contribution in [-0.2, 0) is 0 Å². The van der Waals surface area contributed by atoms with Crippen LogP contribution < -0.4 is 0 Å². The first-order valence-corrected chi connectivity index (χ1v) is 3.96. The average molecular weight is 276 g/mol. The maximum atomic E-state index is 9.99. The highest BCUT2D eigenvalue weighted by Crippen LogP contribution is 1.85. The molecule has 0 saturated carbocycles. The first kappa shape index (κ1) is 20.9. The molecule has 0 radical (unpaired) electrons. The lowest BCUT2D eigenvalue weighted by Gasteiger charge is -2.09. The van der Waals surface area contributed by atoms with E-state index in [1.54, 1.807) is 0 Å². The normalized spacial score (nSPS) is 7.89. The molecule has 0 rings (SSSR count). The van der Waals surface area contributed by atoms with E-state index < -0.39 is 15.2 Å². The summed E-state index contributed by atoms with van der Waals surface area (Å²) in [4.78, 5) is 26.7. The Hall–Kier alpha value is -2.48. The summed E-state index contributed by atoms with van der Waals surface area (Å²) < 4.78 is 0. The Kier molecular flexibility index (Phi) is 16.8. The summed E-state index contributed by atoms with van der Waals surface area (Å²) >= 11 is 0. The summed E-state index contributed by atoms with van der Waals surface area (Å²) in [7, 11) is 0. The van der Waals surface area contributed by atoms with Crippen LogP contribution in [0.1, 0.15) is 0 Å². The van der Waals surface area contributed by atoms with Gasteiger partial charge in [0.2, 0.25) is 0 Å². The molecule has 0 fully saturated rings. The van der Waals surface area contributed by atoms with E-state index in [1.165, 1.54) is 0 Å². The number of hydrogen-bond acceptors (Lipinski definition) is 8. The van der Waals surface area contributed by atoms with Gasteiger partial charge < -0.3 is 20.6 Å². The Balaban J connectivity index is -0.000000233. The van der Waals surface area contributed by atoms with Crippen LogP contribution in [0, 0.1) is 30.3 Å². The molecule has 0 aliphatic rings. The Bertz CT molecular complexity index is 220. The van der Waals surface area contributed by atoms with Crippen molar-refractivity contribution in [1.82, 2.24) is 5.01 Å². The van der Waals surface area contributed by atoms with Crippen molar-refractivity contribution in [3.05, 3.63) is 30.3 Å². The summed E-state index contributed by atoms with van der Waals surface area (Å²) in [5.74, 6) is 0. The van der Waals surface area contributed by atoms with Gasteiger partial charge in [-0.3, -0.25) is 0 Å². The van der Waals surface area contributed by atoms with Crippen molar-refractivity contribution in [2.24, 2.45) is 0 Å². The van der Waals surface area contributed by atoms with Gasteiger partial charge in [0.25, 0.3) is 10.2 Å². The number of hydrazine groups is 1. The lowest BCUT2D eigenvalue weighted by Crippen LogP contribution is -2.34. The predicted molar refractivity (Wildman–Crippen MR) is 50.3 cm³/mol. The Morgan fingerprint density at radius 1 is 0.833 bits per heavy atom.